The van der Waals surface area contributed by atoms with Crippen molar-refractivity contribution in [1.82, 2.24) is 4.98 Å². The van der Waals surface area contributed by atoms with Crippen molar-refractivity contribution >= 4 is 17.3 Å². The average molecular weight is 271 g/mol. The van der Waals surface area contributed by atoms with Gasteiger partial charge in [0.2, 0.25) is 0 Å². The molecule has 0 aliphatic carbocycles. The highest BCUT2D eigenvalue weighted by Crippen LogP contribution is 2.33. The van der Waals surface area contributed by atoms with Crippen molar-refractivity contribution in [3.8, 4) is 22.0 Å². The van der Waals surface area contributed by atoms with Crippen LogP contribution >= 0.6 is 11.3 Å². The highest BCUT2D eigenvalue weighted by Gasteiger charge is 2.21. The number of aromatic nitrogens is 1. The van der Waals surface area contributed by atoms with Crippen LogP contribution in [0, 0.1) is 0 Å². The molecule has 0 saturated heterocycles. The SMILES string of the molecule is O=C(O)c1sc(-c2ccccc2)nc1-c1ccco1. The molecule has 0 bridgehead atoms. The van der Waals surface area contributed by atoms with Gasteiger partial charge >= 0.3 is 5.97 Å². The summed E-state index contributed by atoms with van der Waals surface area (Å²) >= 11 is 1.15. The van der Waals surface area contributed by atoms with Crippen LogP contribution in [0.25, 0.3) is 22.0 Å². The monoisotopic (exact) mass is 271 g/mol. The summed E-state index contributed by atoms with van der Waals surface area (Å²) in [6, 6.07) is 12.9. The van der Waals surface area contributed by atoms with Crippen molar-refractivity contribution in [2.24, 2.45) is 0 Å². The van der Waals surface area contributed by atoms with E-state index < -0.39 is 5.97 Å². The molecule has 1 N–H and O–H groups in total. The third kappa shape index (κ3) is 2.15. The van der Waals surface area contributed by atoms with Crippen molar-refractivity contribution in [3.63, 3.8) is 0 Å². The summed E-state index contributed by atoms with van der Waals surface area (Å²) < 4.78 is 5.24. The molecule has 2 heterocycles. The number of carboxylic acid groups (broad SMARTS) is 1. The Morgan fingerprint density at radius 1 is 1.16 bits per heavy atom. The average Bonchev–Trinajstić information content (AvgIpc) is 3.08. The summed E-state index contributed by atoms with van der Waals surface area (Å²) in [4.78, 5) is 15.9. The largest absolute Gasteiger partial charge is 0.477 e. The first-order valence-corrected chi connectivity index (χ1v) is 6.41. The number of nitrogens with zero attached hydrogens (tertiary/aromatic N) is 1. The van der Waals surface area contributed by atoms with Gasteiger partial charge in [0.25, 0.3) is 0 Å². The predicted molar refractivity (Wildman–Crippen MR) is 72.2 cm³/mol. The van der Waals surface area contributed by atoms with Gasteiger partial charge in [-0.1, -0.05) is 30.3 Å². The highest BCUT2D eigenvalue weighted by molar-refractivity contribution is 7.17. The molecule has 0 saturated carbocycles. The van der Waals surface area contributed by atoms with E-state index in [0.717, 1.165) is 16.9 Å². The summed E-state index contributed by atoms with van der Waals surface area (Å²) in [5.74, 6) is -0.526. The van der Waals surface area contributed by atoms with Gasteiger partial charge < -0.3 is 9.52 Å². The van der Waals surface area contributed by atoms with Crippen LogP contribution in [-0.2, 0) is 0 Å². The van der Waals surface area contributed by atoms with Gasteiger partial charge in [0.05, 0.1) is 6.26 Å². The Hall–Kier alpha value is -2.40. The molecular formula is C14H9NO3S. The number of aromatic carboxylic acids is 1. The molecule has 94 valence electrons. The number of furan rings is 1. The first-order chi connectivity index (χ1) is 9.25. The molecule has 0 aliphatic heterocycles. The van der Waals surface area contributed by atoms with Gasteiger partial charge in [0.1, 0.15) is 15.6 Å². The number of benzene rings is 1. The summed E-state index contributed by atoms with van der Waals surface area (Å²) in [6.45, 7) is 0. The summed E-state index contributed by atoms with van der Waals surface area (Å²) in [6.07, 6.45) is 1.50. The van der Waals surface area contributed by atoms with E-state index >= 15 is 0 Å². The predicted octanol–water partition coefficient (Wildman–Crippen LogP) is 3.77. The second-order valence-corrected chi connectivity index (χ2v) is 4.84. The minimum atomic E-state index is -0.994. The molecule has 0 unspecified atom stereocenters. The Balaban J connectivity index is 2.15. The fourth-order valence-electron chi connectivity index (χ4n) is 1.75. The van der Waals surface area contributed by atoms with Crippen LogP contribution in [0.15, 0.2) is 53.1 Å². The Bertz CT molecular complexity index is 702. The normalized spacial score (nSPS) is 10.5. The number of thiazole rings is 1. The van der Waals surface area contributed by atoms with E-state index in [4.69, 9.17) is 4.42 Å². The van der Waals surface area contributed by atoms with E-state index in [2.05, 4.69) is 4.98 Å². The molecular weight excluding hydrogens is 262 g/mol. The molecule has 5 heteroatoms. The van der Waals surface area contributed by atoms with Gasteiger partial charge in [0, 0.05) is 5.56 Å². The smallest absolute Gasteiger partial charge is 0.348 e. The van der Waals surface area contributed by atoms with Gasteiger partial charge in [-0.3, -0.25) is 0 Å². The highest BCUT2D eigenvalue weighted by atomic mass is 32.1. The van der Waals surface area contributed by atoms with Crippen LogP contribution in [0.4, 0.5) is 0 Å². The molecule has 3 aromatic rings. The molecule has 1 aromatic carbocycles. The van der Waals surface area contributed by atoms with Crippen molar-refractivity contribution in [2.45, 2.75) is 0 Å². The number of carbonyl (C=O) groups is 1. The van der Waals surface area contributed by atoms with Crippen LogP contribution in [0.1, 0.15) is 9.67 Å². The minimum Gasteiger partial charge on any atom is -0.477 e. The third-order valence-corrected chi connectivity index (χ3v) is 3.69. The molecule has 0 spiro atoms. The zero-order valence-corrected chi connectivity index (χ0v) is 10.6. The maximum absolute atomic E-state index is 11.3. The zero-order valence-electron chi connectivity index (χ0n) is 9.74. The molecule has 19 heavy (non-hydrogen) atoms. The van der Waals surface area contributed by atoms with Gasteiger partial charge in [-0.05, 0) is 12.1 Å². The molecule has 0 fully saturated rings. The lowest BCUT2D eigenvalue weighted by Crippen LogP contribution is -1.94. The lowest BCUT2D eigenvalue weighted by Gasteiger charge is -1.93. The maximum atomic E-state index is 11.3. The van der Waals surface area contributed by atoms with E-state index in [1.54, 1.807) is 12.1 Å². The van der Waals surface area contributed by atoms with Crippen molar-refractivity contribution in [2.75, 3.05) is 0 Å². The van der Waals surface area contributed by atoms with E-state index in [0.29, 0.717) is 16.5 Å². The fraction of sp³-hybridized carbons (Fsp3) is 0. The summed E-state index contributed by atoms with van der Waals surface area (Å²) in [5.41, 5.74) is 1.27. The van der Waals surface area contributed by atoms with Gasteiger partial charge in [-0.15, -0.1) is 11.3 Å². The Kier molecular flexibility index (Phi) is 2.89. The van der Waals surface area contributed by atoms with Gasteiger partial charge in [-0.25, -0.2) is 9.78 Å². The Morgan fingerprint density at radius 2 is 1.95 bits per heavy atom. The second-order valence-electron chi connectivity index (χ2n) is 3.85. The number of carboxylic acids is 1. The molecule has 2 aromatic heterocycles. The van der Waals surface area contributed by atoms with Crippen LogP contribution in [0.3, 0.4) is 0 Å². The van der Waals surface area contributed by atoms with Crippen LogP contribution in [-0.4, -0.2) is 16.1 Å². The molecule has 4 nitrogen and oxygen atoms in total. The number of rotatable bonds is 3. The van der Waals surface area contributed by atoms with E-state index in [9.17, 15) is 9.90 Å². The van der Waals surface area contributed by atoms with E-state index in [1.807, 2.05) is 30.3 Å². The molecule has 0 amide bonds. The Labute approximate surface area is 113 Å². The standard InChI is InChI=1S/C14H9NO3S/c16-14(17)12-11(10-7-4-8-18-10)15-13(19-12)9-5-2-1-3-6-9/h1-8H,(H,16,17). The summed E-state index contributed by atoms with van der Waals surface area (Å²) in [5, 5.41) is 9.92. The van der Waals surface area contributed by atoms with Crippen LogP contribution in [0.5, 0.6) is 0 Å². The lowest BCUT2D eigenvalue weighted by atomic mass is 10.2. The molecule has 0 aliphatic rings. The Morgan fingerprint density at radius 3 is 2.58 bits per heavy atom. The lowest BCUT2D eigenvalue weighted by molar-refractivity contribution is 0.0702. The molecule has 3 rings (SSSR count). The van der Waals surface area contributed by atoms with Crippen molar-refractivity contribution in [3.05, 3.63) is 53.6 Å². The third-order valence-electron chi connectivity index (χ3n) is 2.60. The van der Waals surface area contributed by atoms with Crippen LogP contribution in [0.2, 0.25) is 0 Å². The first-order valence-electron chi connectivity index (χ1n) is 5.59. The zero-order chi connectivity index (χ0) is 13.2. The summed E-state index contributed by atoms with van der Waals surface area (Å²) in [7, 11) is 0. The van der Waals surface area contributed by atoms with Gasteiger partial charge in [-0.2, -0.15) is 0 Å². The molecule has 0 atom stereocenters. The van der Waals surface area contributed by atoms with E-state index in [-0.39, 0.29) is 4.88 Å². The van der Waals surface area contributed by atoms with Gasteiger partial charge in [0.15, 0.2) is 5.76 Å². The first kappa shape index (κ1) is 11.7. The van der Waals surface area contributed by atoms with E-state index in [1.165, 1.54) is 6.26 Å². The second kappa shape index (κ2) is 4.70. The van der Waals surface area contributed by atoms with Crippen molar-refractivity contribution < 1.29 is 14.3 Å². The topological polar surface area (TPSA) is 63.3 Å². The maximum Gasteiger partial charge on any atom is 0.348 e. The molecule has 0 radical (unpaired) electrons. The van der Waals surface area contributed by atoms with Crippen LogP contribution < -0.4 is 0 Å². The number of hydrogen-bond donors (Lipinski definition) is 1. The minimum absolute atomic E-state index is 0.189. The fourth-order valence-corrected chi connectivity index (χ4v) is 2.66. The van der Waals surface area contributed by atoms with Crippen molar-refractivity contribution in [1.29, 1.82) is 0 Å². The quantitative estimate of drug-likeness (QED) is 0.787. The number of hydrogen-bond acceptors (Lipinski definition) is 4.